The van der Waals surface area contributed by atoms with Crippen molar-refractivity contribution < 1.29 is 4.79 Å². The molecule has 1 aromatic heterocycles. The van der Waals surface area contributed by atoms with Crippen LogP contribution in [0.2, 0.25) is 0 Å². The van der Waals surface area contributed by atoms with E-state index in [0.717, 1.165) is 10.2 Å². The Morgan fingerprint density at radius 1 is 1.36 bits per heavy atom. The highest BCUT2D eigenvalue weighted by Crippen LogP contribution is 2.24. The van der Waals surface area contributed by atoms with Gasteiger partial charge in [0, 0.05) is 0 Å². The van der Waals surface area contributed by atoms with E-state index in [0.29, 0.717) is 5.01 Å². The monoisotopic (exact) mass is 245 g/mol. The van der Waals surface area contributed by atoms with Gasteiger partial charge in [0.05, 0.1) is 10.2 Å². The van der Waals surface area contributed by atoms with E-state index in [1.165, 1.54) is 11.3 Å². The third-order valence-corrected chi connectivity index (χ3v) is 3.15. The van der Waals surface area contributed by atoms with Crippen LogP contribution < -0.4 is 0 Å². The second-order valence-corrected chi connectivity index (χ2v) is 4.78. The predicted molar refractivity (Wildman–Crippen MR) is 59.4 cm³/mol. The number of ketones is 1. The lowest BCUT2D eigenvalue weighted by Crippen LogP contribution is -2.06. The van der Waals surface area contributed by atoms with Gasteiger partial charge in [-0.15, -0.1) is 11.3 Å². The highest BCUT2D eigenvalue weighted by atomic mass is 35.5. The Balaban J connectivity index is 2.50. The molecular formula is C9H5Cl2NOS. The molecule has 1 heterocycles. The number of thiazole rings is 1. The number of para-hydroxylation sites is 1. The van der Waals surface area contributed by atoms with Gasteiger partial charge in [-0.3, -0.25) is 4.79 Å². The molecule has 2 aromatic rings. The highest BCUT2D eigenvalue weighted by molar-refractivity contribution is 7.20. The Morgan fingerprint density at radius 2 is 2.07 bits per heavy atom. The van der Waals surface area contributed by atoms with E-state index < -0.39 is 4.84 Å². The van der Waals surface area contributed by atoms with Crippen LogP contribution in [0.3, 0.4) is 0 Å². The number of nitrogens with zero attached hydrogens (tertiary/aromatic N) is 1. The first kappa shape index (κ1) is 9.90. The van der Waals surface area contributed by atoms with Crippen molar-refractivity contribution in [1.29, 1.82) is 0 Å². The van der Waals surface area contributed by atoms with Crippen LogP contribution in [0.1, 0.15) is 9.80 Å². The normalized spacial score (nSPS) is 11.1. The fraction of sp³-hybridized carbons (Fsp3) is 0.111. The molecule has 0 atom stereocenters. The number of hydrogen-bond donors (Lipinski definition) is 0. The summed E-state index contributed by atoms with van der Waals surface area (Å²) < 4.78 is 0.963. The Kier molecular flexibility index (Phi) is 2.72. The SMILES string of the molecule is O=C(c1nc2ccccc2s1)C(Cl)Cl. The maximum absolute atomic E-state index is 11.4. The molecule has 0 spiro atoms. The summed E-state index contributed by atoms with van der Waals surface area (Å²) in [5, 5.41) is 0.362. The number of carbonyl (C=O) groups is 1. The number of carbonyl (C=O) groups excluding carboxylic acids is 1. The van der Waals surface area contributed by atoms with E-state index in [1.807, 2.05) is 24.3 Å². The first-order chi connectivity index (χ1) is 6.68. The van der Waals surface area contributed by atoms with Gasteiger partial charge < -0.3 is 0 Å². The number of rotatable bonds is 2. The van der Waals surface area contributed by atoms with Crippen LogP contribution >= 0.6 is 34.5 Å². The Bertz CT molecular complexity index is 447. The molecule has 0 aliphatic carbocycles. The summed E-state index contributed by atoms with van der Waals surface area (Å²) in [4.78, 5) is 14.5. The van der Waals surface area contributed by atoms with Crippen LogP contribution in [0.25, 0.3) is 10.2 Å². The molecule has 1 aromatic carbocycles. The quantitative estimate of drug-likeness (QED) is 0.601. The van der Waals surface area contributed by atoms with Gasteiger partial charge in [-0.25, -0.2) is 4.98 Å². The molecular weight excluding hydrogens is 241 g/mol. The number of fused-ring (bicyclic) bond motifs is 1. The van der Waals surface area contributed by atoms with Crippen molar-refractivity contribution >= 4 is 50.5 Å². The topological polar surface area (TPSA) is 30.0 Å². The van der Waals surface area contributed by atoms with Crippen molar-refractivity contribution in [2.75, 3.05) is 0 Å². The van der Waals surface area contributed by atoms with Gasteiger partial charge in [0.1, 0.15) is 0 Å². The van der Waals surface area contributed by atoms with Crippen LogP contribution in [0.15, 0.2) is 24.3 Å². The molecule has 0 bridgehead atoms. The number of halogens is 2. The summed E-state index contributed by atoms with van der Waals surface area (Å²) in [6, 6.07) is 7.52. The minimum absolute atomic E-state index is 0.338. The van der Waals surface area contributed by atoms with Gasteiger partial charge in [0.15, 0.2) is 9.84 Å². The molecule has 0 radical (unpaired) electrons. The van der Waals surface area contributed by atoms with Crippen LogP contribution in [0.4, 0.5) is 0 Å². The fourth-order valence-corrected chi connectivity index (χ4v) is 2.34. The number of aromatic nitrogens is 1. The average Bonchev–Trinajstić information content (AvgIpc) is 2.59. The zero-order valence-corrected chi connectivity index (χ0v) is 9.23. The molecule has 0 saturated heterocycles. The van der Waals surface area contributed by atoms with E-state index in [2.05, 4.69) is 4.98 Å². The summed E-state index contributed by atoms with van der Waals surface area (Å²) >= 11 is 12.2. The van der Waals surface area contributed by atoms with Crippen molar-refractivity contribution in [2.45, 2.75) is 4.84 Å². The zero-order valence-electron chi connectivity index (χ0n) is 6.91. The first-order valence-electron chi connectivity index (χ1n) is 3.86. The second kappa shape index (κ2) is 3.85. The average molecular weight is 246 g/mol. The molecule has 0 aliphatic rings. The highest BCUT2D eigenvalue weighted by Gasteiger charge is 2.18. The standard InChI is InChI=1S/C9H5Cl2NOS/c10-8(11)7(13)9-12-5-3-1-2-4-6(5)14-9/h1-4,8H. The fourth-order valence-electron chi connectivity index (χ4n) is 1.07. The third kappa shape index (κ3) is 1.75. The molecule has 72 valence electrons. The lowest BCUT2D eigenvalue weighted by Gasteiger charge is -1.92. The summed E-state index contributed by atoms with van der Waals surface area (Å²) in [7, 11) is 0. The molecule has 0 amide bonds. The van der Waals surface area contributed by atoms with Gasteiger partial charge in [-0.2, -0.15) is 0 Å². The number of alkyl halides is 2. The Hall–Kier alpha value is -0.640. The molecule has 0 fully saturated rings. The van der Waals surface area contributed by atoms with Gasteiger partial charge in [0.2, 0.25) is 5.78 Å². The smallest absolute Gasteiger partial charge is 0.224 e. The van der Waals surface area contributed by atoms with E-state index >= 15 is 0 Å². The lowest BCUT2D eigenvalue weighted by molar-refractivity contribution is 0.101. The summed E-state index contributed by atoms with van der Waals surface area (Å²) in [6.07, 6.45) is 0. The second-order valence-electron chi connectivity index (χ2n) is 2.65. The largest absolute Gasteiger partial charge is 0.288 e. The van der Waals surface area contributed by atoms with E-state index in [-0.39, 0.29) is 5.78 Å². The molecule has 2 nitrogen and oxygen atoms in total. The van der Waals surface area contributed by atoms with Crippen molar-refractivity contribution in [1.82, 2.24) is 4.98 Å². The molecule has 0 unspecified atom stereocenters. The van der Waals surface area contributed by atoms with Gasteiger partial charge in [0.25, 0.3) is 0 Å². The molecule has 14 heavy (non-hydrogen) atoms. The van der Waals surface area contributed by atoms with E-state index in [4.69, 9.17) is 23.2 Å². The molecule has 0 saturated carbocycles. The van der Waals surface area contributed by atoms with Crippen molar-refractivity contribution in [3.8, 4) is 0 Å². The summed E-state index contributed by atoms with van der Waals surface area (Å²) in [6.45, 7) is 0. The Morgan fingerprint density at radius 3 is 2.71 bits per heavy atom. The molecule has 2 rings (SSSR count). The van der Waals surface area contributed by atoms with Crippen LogP contribution in [-0.4, -0.2) is 15.6 Å². The van der Waals surface area contributed by atoms with E-state index in [9.17, 15) is 4.79 Å². The van der Waals surface area contributed by atoms with Gasteiger partial charge in [-0.05, 0) is 12.1 Å². The molecule has 0 aliphatic heterocycles. The minimum Gasteiger partial charge on any atom is -0.288 e. The number of hydrogen-bond acceptors (Lipinski definition) is 3. The summed E-state index contributed by atoms with van der Waals surface area (Å²) in [5.74, 6) is -0.338. The predicted octanol–water partition coefficient (Wildman–Crippen LogP) is 3.28. The third-order valence-electron chi connectivity index (χ3n) is 1.70. The minimum atomic E-state index is -1.03. The number of Topliss-reactive ketones (excluding diaryl/α,β-unsaturated/α-hetero) is 1. The van der Waals surface area contributed by atoms with Crippen molar-refractivity contribution in [3.05, 3.63) is 29.3 Å². The Labute approximate surface area is 94.5 Å². The zero-order chi connectivity index (χ0) is 10.1. The maximum atomic E-state index is 11.4. The summed E-state index contributed by atoms with van der Waals surface area (Å²) in [5.41, 5.74) is 0.801. The molecule has 5 heteroatoms. The van der Waals surface area contributed by atoms with Gasteiger partial charge in [-0.1, -0.05) is 35.3 Å². The van der Waals surface area contributed by atoms with Crippen molar-refractivity contribution in [2.24, 2.45) is 0 Å². The van der Waals surface area contributed by atoms with Gasteiger partial charge >= 0.3 is 0 Å². The van der Waals surface area contributed by atoms with Crippen molar-refractivity contribution in [3.63, 3.8) is 0 Å². The maximum Gasteiger partial charge on any atom is 0.224 e. The van der Waals surface area contributed by atoms with Crippen LogP contribution in [0.5, 0.6) is 0 Å². The molecule has 0 N–H and O–H groups in total. The number of benzene rings is 1. The first-order valence-corrected chi connectivity index (χ1v) is 5.55. The van der Waals surface area contributed by atoms with Crippen LogP contribution in [0, 0.1) is 0 Å². The van der Waals surface area contributed by atoms with Crippen LogP contribution in [-0.2, 0) is 0 Å². The lowest BCUT2D eigenvalue weighted by atomic mass is 10.3. The van der Waals surface area contributed by atoms with E-state index in [1.54, 1.807) is 0 Å².